The van der Waals surface area contributed by atoms with Crippen molar-refractivity contribution in [2.75, 3.05) is 32.7 Å². The number of rotatable bonds is 5. The minimum absolute atomic E-state index is 0.0225. The quantitative estimate of drug-likeness (QED) is 0.760. The Kier molecular flexibility index (Phi) is 5.40. The van der Waals surface area contributed by atoms with Crippen molar-refractivity contribution in [3.05, 3.63) is 12.7 Å². The molecule has 1 saturated heterocycles. The van der Waals surface area contributed by atoms with Crippen LogP contribution in [-0.2, 0) is 4.79 Å². The van der Waals surface area contributed by atoms with Gasteiger partial charge in [0.05, 0.1) is 6.04 Å². The molecule has 0 aromatic carbocycles. The highest BCUT2D eigenvalue weighted by molar-refractivity contribution is 5.81. The fourth-order valence-electron chi connectivity index (χ4n) is 3.25. The molecule has 19 heavy (non-hydrogen) atoms. The largest absolute Gasteiger partial charge is 0.351 e. The lowest BCUT2D eigenvalue weighted by molar-refractivity contribution is -0.126. The van der Waals surface area contributed by atoms with Gasteiger partial charge >= 0.3 is 0 Å². The molecule has 2 aliphatic rings. The molecular weight excluding hydrogens is 238 g/mol. The Morgan fingerprint density at radius 1 is 1.32 bits per heavy atom. The molecule has 4 heteroatoms. The Balaban J connectivity index is 1.75. The monoisotopic (exact) mass is 265 g/mol. The van der Waals surface area contributed by atoms with Crippen LogP contribution in [0.3, 0.4) is 0 Å². The Morgan fingerprint density at radius 3 is 2.53 bits per heavy atom. The number of carbonyl (C=O) groups is 1. The Hall–Kier alpha value is -0.870. The van der Waals surface area contributed by atoms with Crippen molar-refractivity contribution in [2.24, 2.45) is 0 Å². The predicted octanol–water partition coefficient (Wildman–Crippen LogP) is 1.24. The summed E-state index contributed by atoms with van der Waals surface area (Å²) in [5.41, 5.74) is 0. The SMILES string of the molecule is C=CCNC(=O)[C@H](C)N1CCN(C2CCCC2)CC1. The van der Waals surface area contributed by atoms with Crippen LogP contribution in [0.4, 0.5) is 0 Å². The van der Waals surface area contributed by atoms with Gasteiger partial charge in [-0.05, 0) is 19.8 Å². The first-order valence-corrected chi connectivity index (χ1v) is 7.59. The molecular formula is C15H27N3O. The molecule has 0 spiro atoms. The summed E-state index contributed by atoms with van der Waals surface area (Å²) in [6, 6.07) is 0.790. The van der Waals surface area contributed by atoms with Crippen LogP contribution in [0.15, 0.2) is 12.7 Å². The van der Waals surface area contributed by atoms with Crippen molar-refractivity contribution in [2.45, 2.75) is 44.7 Å². The van der Waals surface area contributed by atoms with Gasteiger partial charge in [0.25, 0.3) is 0 Å². The van der Waals surface area contributed by atoms with Crippen LogP contribution in [0.2, 0.25) is 0 Å². The smallest absolute Gasteiger partial charge is 0.237 e. The van der Waals surface area contributed by atoms with Crippen LogP contribution in [-0.4, -0.2) is 60.5 Å². The molecule has 0 radical (unpaired) electrons. The molecule has 0 bridgehead atoms. The second-order valence-corrected chi connectivity index (χ2v) is 5.72. The zero-order valence-electron chi connectivity index (χ0n) is 12.1. The van der Waals surface area contributed by atoms with Gasteiger partial charge in [-0.25, -0.2) is 0 Å². The van der Waals surface area contributed by atoms with Crippen molar-refractivity contribution in [3.8, 4) is 0 Å². The van der Waals surface area contributed by atoms with Gasteiger partial charge in [-0.3, -0.25) is 14.6 Å². The standard InChI is InChI=1S/C15H27N3O/c1-3-8-16-15(19)13(2)17-9-11-18(12-10-17)14-6-4-5-7-14/h3,13-14H,1,4-12H2,2H3,(H,16,19)/t13-/m0/s1. The van der Waals surface area contributed by atoms with Gasteiger partial charge in [-0.15, -0.1) is 6.58 Å². The third kappa shape index (κ3) is 3.80. The fraction of sp³-hybridized carbons (Fsp3) is 0.800. The molecule has 0 aromatic heterocycles. The van der Waals surface area contributed by atoms with E-state index in [0.29, 0.717) is 6.54 Å². The summed E-state index contributed by atoms with van der Waals surface area (Å²) in [5, 5.41) is 2.88. The van der Waals surface area contributed by atoms with E-state index < -0.39 is 0 Å². The van der Waals surface area contributed by atoms with Gasteiger partial charge in [0.2, 0.25) is 5.91 Å². The van der Waals surface area contributed by atoms with E-state index in [0.717, 1.165) is 32.2 Å². The number of hydrogen-bond donors (Lipinski definition) is 1. The summed E-state index contributed by atoms with van der Waals surface area (Å²) >= 11 is 0. The lowest BCUT2D eigenvalue weighted by atomic mass is 10.1. The summed E-state index contributed by atoms with van der Waals surface area (Å²) in [6.07, 6.45) is 7.25. The average molecular weight is 265 g/mol. The molecule has 1 aliphatic heterocycles. The van der Waals surface area contributed by atoms with E-state index >= 15 is 0 Å². The number of amides is 1. The molecule has 1 atom stereocenters. The Bertz CT molecular complexity index is 305. The fourth-order valence-corrected chi connectivity index (χ4v) is 3.25. The zero-order valence-corrected chi connectivity index (χ0v) is 12.1. The minimum atomic E-state index is -0.0225. The molecule has 1 N–H and O–H groups in total. The molecule has 0 unspecified atom stereocenters. The molecule has 0 aromatic rings. The Labute approximate surface area is 116 Å². The second-order valence-electron chi connectivity index (χ2n) is 5.72. The molecule has 4 nitrogen and oxygen atoms in total. The van der Waals surface area contributed by atoms with Crippen LogP contribution in [0.1, 0.15) is 32.6 Å². The van der Waals surface area contributed by atoms with Crippen molar-refractivity contribution < 1.29 is 4.79 Å². The molecule has 1 heterocycles. The van der Waals surface area contributed by atoms with Crippen LogP contribution in [0.25, 0.3) is 0 Å². The van der Waals surface area contributed by atoms with E-state index in [-0.39, 0.29) is 11.9 Å². The third-order valence-corrected chi connectivity index (χ3v) is 4.54. The second kappa shape index (κ2) is 7.06. The first-order chi connectivity index (χ1) is 9.22. The van der Waals surface area contributed by atoms with E-state index in [2.05, 4.69) is 21.7 Å². The van der Waals surface area contributed by atoms with Crippen LogP contribution in [0.5, 0.6) is 0 Å². The summed E-state index contributed by atoms with van der Waals surface area (Å²) < 4.78 is 0. The van der Waals surface area contributed by atoms with Crippen molar-refractivity contribution in [1.82, 2.24) is 15.1 Å². The van der Waals surface area contributed by atoms with Gasteiger partial charge in [0.15, 0.2) is 0 Å². The normalized spacial score (nSPS) is 24.3. The number of carbonyl (C=O) groups excluding carboxylic acids is 1. The number of piperazine rings is 1. The maximum atomic E-state index is 11.9. The van der Waals surface area contributed by atoms with Crippen LogP contribution < -0.4 is 5.32 Å². The highest BCUT2D eigenvalue weighted by Crippen LogP contribution is 2.24. The first kappa shape index (κ1) is 14.5. The number of hydrogen-bond acceptors (Lipinski definition) is 3. The number of nitrogens with one attached hydrogen (secondary N) is 1. The van der Waals surface area contributed by atoms with E-state index in [1.165, 1.54) is 25.7 Å². The van der Waals surface area contributed by atoms with E-state index in [9.17, 15) is 4.79 Å². The van der Waals surface area contributed by atoms with Gasteiger partial charge in [-0.2, -0.15) is 0 Å². The molecule has 1 saturated carbocycles. The summed E-state index contributed by atoms with van der Waals surface area (Å²) in [5.74, 6) is 0.120. The summed E-state index contributed by atoms with van der Waals surface area (Å²) in [4.78, 5) is 16.8. The van der Waals surface area contributed by atoms with Crippen molar-refractivity contribution >= 4 is 5.91 Å². The Morgan fingerprint density at radius 2 is 1.95 bits per heavy atom. The molecule has 1 amide bonds. The molecule has 1 aliphatic carbocycles. The van der Waals surface area contributed by atoms with Crippen molar-refractivity contribution in [1.29, 1.82) is 0 Å². The maximum Gasteiger partial charge on any atom is 0.237 e. The maximum absolute atomic E-state index is 11.9. The minimum Gasteiger partial charge on any atom is -0.351 e. The van der Waals surface area contributed by atoms with Gasteiger partial charge in [0, 0.05) is 38.8 Å². The topological polar surface area (TPSA) is 35.6 Å². The van der Waals surface area contributed by atoms with Gasteiger partial charge in [-0.1, -0.05) is 18.9 Å². The predicted molar refractivity (Wildman–Crippen MR) is 78.1 cm³/mol. The van der Waals surface area contributed by atoms with E-state index in [1.54, 1.807) is 6.08 Å². The van der Waals surface area contributed by atoms with Gasteiger partial charge in [0.1, 0.15) is 0 Å². The third-order valence-electron chi connectivity index (χ3n) is 4.54. The highest BCUT2D eigenvalue weighted by Gasteiger charge is 2.29. The lowest BCUT2D eigenvalue weighted by Gasteiger charge is -2.40. The molecule has 2 rings (SSSR count). The molecule has 108 valence electrons. The zero-order chi connectivity index (χ0) is 13.7. The summed E-state index contributed by atoms with van der Waals surface area (Å²) in [7, 11) is 0. The number of nitrogens with zero attached hydrogens (tertiary/aromatic N) is 2. The summed E-state index contributed by atoms with van der Waals surface area (Å²) in [6.45, 7) is 10.4. The van der Waals surface area contributed by atoms with Crippen LogP contribution >= 0.6 is 0 Å². The highest BCUT2D eigenvalue weighted by atomic mass is 16.2. The molecule has 2 fully saturated rings. The first-order valence-electron chi connectivity index (χ1n) is 7.59. The van der Waals surface area contributed by atoms with Crippen LogP contribution in [0, 0.1) is 0 Å². The average Bonchev–Trinajstić information content (AvgIpc) is 2.98. The van der Waals surface area contributed by atoms with E-state index in [1.807, 2.05) is 6.92 Å². The lowest BCUT2D eigenvalue weighted by Crippen LogP contribution is -2.55. The van der Waals surface area contributed by atoms with E-state index in [4.69, 9.17) is 0 Å². The van der Waals surface area contributed by atoms with Gasteiger partial charge < -0.3 is 5.32 Å². The van der Waals surface area contributed by atoms with Crippen molar-refractivity contribution in [3.63, 3.8) is 0 Å².